The van der Waals surface area contributed by atoms with E-state index in [0.717, 1.165) is 12.8 Å². The van der Waals surface area contributed by atoms with Crippen LogP contribution in [-0.4, -0.2) is 12.8 Å². The van der Waals surface area contributed by atoms with Crippen LogP contribution in [-0.2, 0) is 0 Å². The zero-order valence-electron chi connectivity index (χ0n) is 5.86. The van der Waals surface area contributed by atoms with Gasteiger partial charge >= 0.3 is 0 Å². The summed E-state index contributed by atoms with van der Waals surface area (Å²) in [5.41, 5.74) is 3.99. The highest BCUT2D eigenvalue weighted by atomic mass is 15.3. The summed E-state index contributed by atoms with van der Waals surface area (Å²) in [7, 11) is 1.82. The predicted octanol–water partition coefficient (Wildman–Crippen LogP) is 1.38. The first-order chi connectivity index (χ1) is 3.85. The smallest absolute Gasteiger partial charge is 0.0372 e. The van der Waals surface area contributed by atoms with E-state index in [0.29, 0.717) is 0 Å². The van der Waals surface area contributed by atoms with Crippen LogP contribution in [0.15, 0.2) is 5.10 Å². The third-order valence-corrected chi connectivity index (χ3v) is 1.09. The summed E-state index contributed by atoms with van der Waals surface area (Å²) in [5, 5.41) is 4.03. The van der Waals surface area contributed by atoms with Gasteiger partial charge < -0.3 is 5.43 Å². The van der Waals surface area contributed by atoms with Gasteiger partial charge in [-0.05, 0) is 12.8 Å². The molecule has 0 unspecified atom stereocenters. The lowest BCUT2D eigenvalue weighted by Crippen LogP contribution is -2.02. The van der Waals surface area contributed by atoms with E-state index < -0.39 is 0 Å². The topological polar surface area (TPSA) is 24.4 Å². The van der Waals surface area contributed by atoms with E-state index in [1.54, 1.807) is 0 Å². The molecule has 0 rings (SSSR count). The Morgan fingerprint density at radius 1 is 1.38 bits per heavy atom. The summed E-state index contributed by atoms with van der Waals surface area (Å²) < 4.78 is 0. The van der Waals surface area contributed by atoms with Crippen LogP contribution >= 0.6 is 0 Å². The Morgan fingerprint density at radius 2 is 1.88 bits per heavy atom. The summed E-state index contributed by atoms with van der Waals surface area (Å²) in [6, 6.07) is 0. The van der Waals surface area contributed by atoms with Crippen LogP contribution in [0.2, 0.25) is 0 Å². The molecule has 0 amide bonds. The van der Waals surface area contributed by atoms with E-state index in [4.69, 9.17) is 0 Å². The zero-order chi connectivity index (χ0) is 6.41. The first kappa shape index (κ1) is 7.47. The van der Waals surface area contributed by atoms with Crippen LogP contribution < -0.4 is 5.43 Å². The zero-order valence-corrected chi connectivity index (χ0v) is 5.86. The minimum absolute atomic E-state index is 1.05. The minimum Gasteiger partial charge on any atom is -0.313 e. The second-order valence-corrected chi connectivity index (χ2v) is 1.61. The molecule has 2 heteroatoms. The molecule has 0 aliphatic heterocycles. The van der Waals surface area contributed by atoms with Crippen molar-refractivity contribution in [2.45, 2.75) is 26.7 Å². The molecular weight excluding hydrogens is 100 g/mol. The first-order valence-corrected chi connectivity index (χ1v) is 3.07. The van der Waals surface area contributed by atoms with Gasteiger partial charge in [-0.15, -0.1) is 0 Å². The Labute approximate surface area is 51.0 Å². The van der Waals surface area contributed by atoms with E-state index >= 15 is 0 Å². The maximum atomic E-state index is 4.03. The molecule has 2 nitrogen and oxygen atoms in total. The second kappa shape index (κ2) is 4.62. The van der Waals surface area contributed by atoms with E-state index in [1.807, 2.05) is 7.05 Å². The monoisotopic (exact) mass is 114 g/mol. The molecule has 8 heavy (non-hydrogen) atoms. The fourth-order valence-electron chi connectivity index (χ4n) is 0.566. The number of rotatable bonds is 3. The molecule has 0 aromatic carbocycles. The minimum atomic E-state index is 1.05. The Bertz CT molecular complexity index is 70.6. The number of hydrogen-bond donors (Lipinski definition) is 1. The summed E-state index contributed by atoms with van der Waals surface area (Å²) in [6.07, 6.45) is 2.11. The van der Waals surface area contributed by atoms with Crippen molar-refractivity contribution in [2.75, 3.05) is 7.05 Å². The van der Waals surface area contributed by atoms with Gasteiger partial charge in [0.05, 0.1) is 0 Å². The maximum Gasteiger partial charge on any atom is 0.0372 e. The van der Waals surface area contributed by atoms with Gasteiger partial charge in [-0.3, -0.25) is 0 Å². The highest BCUT2D eigenvalue weighted by Gasteiger charge is 1.86. The van der Waals surface area contributed by atoms with Gasteiger partial charge in [-0.25, -0.2) is 0 Å². The predicted molar refractivity (Wildman–Crippen MR) is 37.1 cm³/mol. The van der Waals surface area contributed by atoms with Crippen molar-refractivity contribution in [3.8, 4) is 0 Å². The number of hydrazone groups is 1. The van der Waals surface area contributed by atoms with Crippen molar-refractivity contribution in [3.05, 3.63) is 0 Å². The number of hydrogen-bond acceptors (Lipinski definition) is 2. The van der Waals surface area contributed by atoms with Crippen LogP contribution in [0.4, 0.5) is 0 Å². The van der Waals surface area contributed by atoms with Crippen LogP contribution in [0.25, 0.3) is 0 Å². The normalized spacial score (nSPS) is 8.38. The number of nitrogens with zero attached hydrogens (tertiary/aromatic N) is 1. The molecule has 0 atom stereocenters. The number of nitrogens with one attached hydrogen (secondary N) is 1. The largest absolute Gasteiger partial charge is 0.313 e. The van der Waals surface area contributed by atoms with Gasteiger partial charge in [0.15, 0.2) is 0 Å². The Kier molecular flexibility index (Phi) is 4.32. The van der Waals surface area contributed by atoms with Gasteiger partial charge in [-0.2, -0.15) is 5.10 Å². The van der Waals surface area contributed by atoms with Crippen molar-refractivity contribution in [3.63, 3.8) is 0 Å². The fraction of sp³-hybridized carbons (Fsp3) is 0.833. The second-order valence-electron chi connectivity index (χ2n) is 1.61. The Balaban J connectivity index is 3.49. The molecule has 0 spiro atoms. The molecule has 0 radical (unpaired) electrons. The average molecular weight is 114 g/mol. The van der Waals surface area contributed by atoms with E-state index in [1.165, 1.54) is 5.71 Å². The van der Waals surface area contributed by atoms with E-state index in [9.17, 15) is 0 Å². The maximum absolute atomic E-state index is 4.03. The molecule has 0 heterocycles. The van der Waals surface area contributed by atoms with Crippen LogP contribution in [0.3, 0.4) is 0 Å². The SMILES string of the molecule is CCC(CC)=NNC. The molecular formula is C6H14N2. The lowest BCUT2D eigenvalue weighted by Gasteiger charge is -1.95. The van der Waals surface area contributed by atoms with Gasteiger partial charge in [0.1, 0.15) is 0 Å². The van der Waals surface area contributed by atoms with Crippen LogP contribution in [0.1, 0.15) is 26.7 Å². The van der Waals surface area contributed by atoms with Gasteiger partial charge in [0.25, 0.3) is 0 Å². The van der Waals surface area contributed by atoms with E-state index in [-0.39, 0.29) is 0 Å². The molecule has 0 aromatic heterocycles. The van der Waals surface area contributed by atoms with Gasteiger partial charge in [0, 0.05) is 12.8 Å². The molecule has 48 valence electrons. The summed E-state index contributed by atoms with van der Waals surface area (Å²) >= 11 is 0. The Morgan fingerprint density at radius 3 is 2.00 bits per heavy atom. The van der Waals surface area contributed by atoms with Gasteiger partial charge in [-0.1, -0.05) is 13.8 Å². The molecule has 0 aliphatic carbocycles. The van der Waals surface area contributed by atoms with Crippen molar-refractivity contribution in [1.29, 1.82) is 0 Å². The van der Waals surface area contributed by atoms with Crippen molar-refractivity contribution in [2.24, 2.45) is 5.10 Å². The molecule has 0 bridgehead atoms. The summed E-state index contributed by atoms with van der Waals surface area (Å²) in [5.74, 6) is 0. The lowest BCUT2D eigenvalue weighted by atomic mass is 10.2. The first-order valence-electron chi connectivity index (χ1n) is 3.07. The summed E-state index contributed by atoms with van der Waals surface area (Å²) in [6.45, 7) is 4.22. The lowest BCUT2D eigenvalue weighted by molar-refractivity contribution is 0.880. The fourth-order valence-corrected chi connectivity index (χ4v) is 0.566. The van der Waals surface area contributed by atoms with Crippen molar-refractivity contribution < 1.29 is 0 Å². The third kappa shape index (κ3) is 2.61. The van der Waals surface area contributed by atoms with E-state index in [2.05, 4.69) is 24.4 Å². The standard InChI is InChI=1S/C6H14N2/c1-4-6(5-2)8-7-3/h7H,4-5H2,1-3H3. The Hall–Kier alpha value is -0.530. The summed E-state index contributed by atoms with van der Waals surface area (Å²) in [4.78, 5) is 0. The van der Waals surface area contributed by atoms with Crippen molar-refractivity contribution >= 4 is 5.71 Å². The molecule has 0 fully saturated rings. The highest BCUT2D eigenvalue weighted by molar-refractivity contribution is 5.83. The molecule has 0 saturated carbocycles. The quantitative estimate of drug-likeness (QED) is 0.435. The average Bonchev–Trinajstić information content (AvgIpc) is 1.83. The highest BCUT2D eigenvalue weighted by Crippen LogP contribution is 1.88. The molecule has 0 aromatic rings. The van der Waals surface area contributed by atoms with Crippen LogP contribution in [0, 0.1) is 0 Å². The molecule has 1 N–H and O–H groups in total. The molecule has 0 aliphatic rings. The molecule has 0 saturated heterocycles. The van der Waals surface area contributed by atoms with Crippen molar-refractivity contribution in [1.82, 2.24) is 5.43 Å². The third-order valence-electron chi connectivity index (χ3n) is 1.09. The van der Waals surface area contributed by atoms with Gasteiger partial charge in [0.2, 0.25) is 0 Å². The van der Waals surface area contributed by atoms with Crippen LogP contribution in [0.5, 0.6) is 0 Å².